The van der Waals surface area contributed by atoms with Crippen molar-refractivity contribution >= 4 is 28.9 Å². The first-order valence-electron chi connectivity index (χ1n) is 7.66. The Hall–Kier alpha value is -2.16. The molecule has 3 aromatic carbocycles. The second-order valence-electron chi connectivity index (χ2n) is 5.38. The largest absolute Gasteiger partial charge is 0.486 e. The van der Waals surface area contributed by atoms with Gasteiger partial charge < -0.3 is 10.1 Å². The highest BCUT2D eigenvalue weighted by Gasteiger charge is 2.10. The minimum atomic E-state index is 0.432. The molecular formula is C20H17Cl2NO. The molecule has 3 aromatic rings. The van der Waals surface area contributed by atoms with Gasteiger partial charge in [0.25, 0.3) is 0 Å². The van der Waals surface area contributed by atoms with Crippen LogP contribution in [0.5, 0.6) is 5.75 Å². The summed E-state index contributed by atoms with van der Waals surface area (Å²) < 4.78 is 5.79. The zero-order chi connectivity index (χ0) is 16.8. The first kappa shape index (κ1) is 16.7. The maximum absolute atomic E-state index is 6.35. The van der Waals surface area contributed by atoms with Crippen molar-refractivity contribution in [3.63, 3.8) is 0 Å². The molecule has 24 heavy (non-hydrogen) atoms. The number of ether oxygens (including phenoxy) is 1. The molecule has 0 unspecified atom stereocenters. The van der Waals surface area contributed by atoms with E-state index in [1.165, 1.54) is 0 Å². The van der Waals surface area contributed by atoms with Crippen molar-refractivity contribution in [3.8, 4) is 5.75 Å². The quantitative estimate of drug-likeness (QED) is 0.568. The van der Waals surface area contributed by atoms with Gasteiger partial charge >= 0.3 is 0 Å². The zero-order valence-electron chi connectivity index (χ0n) is 13.0. The lowest BCUT2D eigenvalue weighted by Crippen LogP contribution is -2.01. The molecule has 0 saturated heterocycles. The molecular weight excluding hydrogens is 341 g/mol. The van der Waals surface area contributed by atoms with Gasteiger partial charge in [-0.15, -0.1) is 0 Å². The number of anilines is 1. The van der Waals surface area contributed by atoms with Crippen molar-refractivity contribution in [2.75, 3.05) is 5.32 Å². The Balaban J connectivity index is 1.67. The third kappa shape index (κ3) is 4.44. The van der Waals surface area contributed by atoms with E-state index in [1.54, 1.807) is 0 Å². The molecule has 0 fully saturated rings. The van der Waals surface area contributed by atoms with Crippen LogP contribution in [-0.2, 0) is 13.2 Å². The molecule has 0 bridgehead atoms. The van der Waals surface area contributed by atoms with Gasteiger partial charge in [0.1, 0.15) is 6.61 Å². The number of benzene rings is 3. The maximum atomic E-state index is 6.35. The van der Waals surface area contributed by atoms with Crippen LogP contribution in [0.3, 0.4) is 0 Å². The van der Waals surface area contributed by atoms with Crippen molar-refractivity contribution in [1.82, 2.24) is 0 Å². The summed E-state index contributed by atoms with van der Waals surface area (Å²) in [7, 11) is 0. The Morgan fingerprint density at radius 2 is 1.33 bits per heavy atom. The zero-order valence-corrected chi connectivity index (χ0v) is 14.5. The van der Waals surface area contributed by atoms with Gasteiger partial charge in [0.05, 0.1) is 10.0 Å². The van der Waals surface area contributed by atoms with E-state index in [2.05, 4.69) is 5.32 Å². The van der Waals surface area contributed by atoms with Gasteiger partial charge in [0.15, 0.2) is 5.75 Å². The number of nitrogens with one attached hydrogen (secondary N) is 1. The van der Waals surface area contributed by atoms with Crippen molar-refractivity contribution in [2.45, 2.75) is 13.2 Å². The molecule has 0 heterocycles. The number of rotatable bonds is 6. The van der Waals surface area contributed by atoms with Crippen molar-refractivity contribution in [1.29, 1.82) is 0 Å². The summed E-state index contributed by atoms with van der Waals surface area (Å²) in [6.07, 6.45) is 0. The van der Waals surface area contributed by atoms with Crippen molar-refractivity contribution < 1.29 is 4.74 Å². The second kappa shape index (κ2) is 8.09. The molecule has 0 aliphatic rings. The monoisotopic (exact) mass is 357 g/mol. The lowest BCUT2D eigenvalue weighted by atomic mass is 10.2. The van der Waals surface area contributed by atoms with Gasteiger partial charge in [-0.05, 0) is 35.4 Å². The summed E-state index contributed by atoms with van der Waals surface area (Å²) in [5.41, 5.74) is 3.12. The topological polar surface area (TPSA) is 21.3 Å². The second-order valence-corrected chi connectivity index (χ2v) is 6.20. The Morgan fingerprint density at radius 1 is 0.750 bits per heavy atom. The van der Waals surface area contributed by atoms with E-state index in [1.807, 2.05) is 72.8 Å². The third-order valence-electron chi connectivity index (χ3n) is 3.55. The van der Waals surface area contributed by atoms with E-state index < -0.39 is 0 Å². The van der Waals surface area contributed by atoms with Crippen LogP contribution in [0.25, 0.3) is 0 Å². The van der Waals surface area contributed by atoms with E-state index in [0.717, 1.165) is 16.8 Å². The number of para-hydroxylation sites is 1. The minimum Gasteiger partial charge on any atom is -0.486 e. The van der Waals surface area contributed by atoms with E-state index >= 15 is 0 Å². The van der Waals surface area contributed by atoms with Crippen LogP contribution in [0, 0.1) is 0 Å². The molecule has 0 atom stereocenters. The first-order chi connectivity index (χ1) is 11.7. The highest BCUT2D eigenvalue weighted by Crippen LogP contribution is 2.35. The van der Waals surface area contributed by atoms with Gasteiger partial charge in [0.2, 0.25) is 0 Å². The van der Waals surface area contributed by atoms with E-state index in [0.29, 0.717) is 28.9 Å². The van der Waals surface area contributed by atoms with Crippen LogP contribution < -0.4 is 10.1 Å². The number of halogens is 2. The fourth-order valence-corrected chi connectivity index (χ4v) is 2.98. The molecule has 0 aromatic heterocycles. The molecule has 0 spiro atoms. The molecule has 0 amide bonds. The van der Waals surface area contributed by atoms with Crippen LogP contribution in [0.1, 0.15) is 11.1 Å². The lowest BCUT2D eigenvalue weighted by Gasteiger charge is -2.13. The predicted molar refractivity (Wildman–Crippen MR) is 101 cm³/mol. The predicted octanol–water partition coefficient (Wildman–Crippen LogP) is 6.18. The normalized spacial score (nSPS) is 10.4. The first-order valence-corrected chi connectivity index (χ1v) is 8.41. The summed E-state index contributed by atoms with van der Waals surface area (Å²) in [5, 5.41) is 4.37. The van der Waals surface area contributed by atoms with Crippen molar-refractivity contribution in [3.05, 3.63) is 94.0 Å². The van der Waals surface area contributed by atoms with Crippen molar-refractivity contribution in [2.24, 2.45) is 0 Å². The Morgan fingerprint density at radius 3 is 1.96 bits per heavy atom. The Kier molecular flexibility index (Phi) is 5.63. The fraction of sp³-hybridized carbons (Fsp3) is 0.100. The minimum absolute atomic E-state index is 0.432. The molecule has 0 radical (unpaired) electrons. The van der Waals surface area contributed by atoms with Gasteiger partial charge in [-0.2, -0.15) is 0 Å². The van der Waals surface area contributed by atoms with Crippen LogP contribution in [-0.4, -0.2) is 0 Å². The SMILES string of the molecule is Clc1cc(CNc2ccccc2)cc(Cl)c1OCc1ccccc1. The van der Waals surface area contributed by atoms with Gasteiger partial charge in [0, 0.05) is 12.2 Å². The van der Waals surface area contributed by atoms with Crippen LogP contribution in [0.4, 0.5) is 5.69 Å². The van der Waals surface area contributed by atoms with E-state index in [9.17, 15) is 0 Å². The van der Waals surface area contributed by atoms with Crippen LogP contribution in [0.2, 0.25) is 10.0 Å². The number of hydrogen-bond donors (Lipinski definition) is 1. The van der Waals surface area contributed by atoms with Crippen LogP contribution in [0.15, 0.2) is 72.8 Å². The highest BCUT2D eigenvalue weighted by atomic mass is 35.5. The van der Waals surface area contributed by atoms with Gasteiger partial charge in [-0.25, -0.2) is 0 Å². The van der Waals surface area contributed by atoms with Gasteiger partial charge in [-0.1, -0.05) is 71.7 Å². The molecule has 0 saturated carbocycles. The molecule has 1 N–H and O–H groups in total. The molecule has 122 valence electrons. The Labute approximate surface area is 152 Å². The smallest absolute Gasteiger partial charge is 0.156 e. The summed E-state index contributed by atoms with van der Waals surface area (Å²) in [6.45, 7) is 1.07. The summed E-state index contributed by atoms with van der Waals surface area (Å²) in [6, 6.07) is 23.7. The summed E-state index contributed by atoms with van der Waals surface area (Å²) in [5.74, 6) is 0.519. The van der Waals surface area contributed by atoms with E-state index in [4.69, 9.17) is 27.9 Å². The molecule has 2 nitrogen and oxygen atoms in total. The molecule has 0 aliphatic heterocycles. The molecule has 0 aliphatic carbocycles. The third-order valence-corrected chi connectivity index (χ3v) is 4.12. The van der Waals surface area contributed by atoms with E-state index in [-0.39, 0.29) is 0 Å². The lowest BCUT2D eigenvalue weighted by molar-refractivity contribution is 0.306. The average molecular weight is 358 g/mol. The number of hydrogen-bond acceptors (Lipinski definition) is 2. The fourth-order valence-electron chi connectivity index (χ4n) is 2.34. The summed E-state index contributed by atoms with van der Waals surface area (Å²) >= 11 is 12.7. The highest BCUT2D eigenvalue weighted by molar-refractivity contribution is 6.37. The molecule has 4 heteroatoms. The average Bonchev–Trinajstić information content (AvgIpc) is 2.61. The molecule has 3 rings (SSSR count). The van der Waals surface area contributed by atoms with Crippen LogP contribution >= 0.6 is 23.2 Å². The van der Waals surface area contributed by atoms with Gasteiger partial charge in [-0.3, -0.25) is 0 Å². The Bertz CT molecular complexity index is 768. The summed E-state index contributed by atoms with van der Waals surface area (Å²) in [4.78, 5) is 0. The maximum Gasteiger partial charge on any atom is 0.156 e. The standard InChI is InChI=1S/C20H17Cl2NO/c21-18-11-16(13-23-17-9-5-2-6-10-17)12-19(22)20(18)24-14-15-7-3-1-4-8-15/h1-12,23H,13-14H2.